The maximum Gasteiger partial charge on any atom is 0.247 e. The Hall–Kier alpha value is -3.32. The number of aromatic nitrogens is 2. The molecule has 30 heavy (non-hydrogen) atoms. The van der Waals surface area contributed by atoms with Crippen LogP contribution in [0.3, 0.4) is 0 Å². The quantitative estimate of drug-likeness (QED) is 0.665. The van der Waals surface area contributed by atoms with Crippen molar-refractivity contribution in [1.29, 1.82) is 0 Å². The highest BCUT2D eigenvalue weighted by Gasteiger charge is 2.42. The SMILES string of the molecule is O=C1C2CN(Cc3cccc4cccnc34)CCN2C(=O)CN1Cc1cccnc1. The van der Waals surface area contributed by atoms with E-state index in [4.69, 9.17) is 0 Å². The summed E-state index contributed by atoms with van der Waals surface area (Å²) in [4.78, 5) is 40.2. The van der Waals surface area contributed by atoms with Gasteiger partial charge in [-0.15, -0.1) is 0 Å². The highest BCUT2D eigenvalue weighted by molar-refractivity contribution is 5.95. The van der Waals surface area contributed by atoms with Crippen LogP contribution >= 0.6 is 0 Å². The molecule has 0 radical (unpaired) electrons. The van der Waals surface area contributed by atoms with Gasteiger partial charge in [-0.2, -0.15) is 0 Å². The zero-order chi connectivity index (χ0) is 20.5. The van der Waals surface area contributed by atoms with Crippen LogP contribution in [0.2, 0.25) is 0 Å². The van der Waals surface area contributed by atoms with E-state index < -0.39 is 6.04 Å². The summed E-state index contributed by atoms with van der Waals surface area (Å²) < 4.78 is 0. The van der Waals surface area contributed by atoms with Gasteiger partial charge in [-0.1, -0.05) is 30.3 Å². The van der Waals surface area contributed by atoms with Crippen LogP contribution in [0.25, 0.3) is 10.9 Å². The molecule has 3 aromatic rings. The number of benzene rings is 1. The van der Waals surface area contributed by atoms with Crippen LogP contribution in [0, 0.1) is 0 Å². The predicted molar refractivity (Wildman–Crippen MR) is 112 cm³/mol. The molecule has 2 fully saturated rings. The molecule has 1 aromatic carbocycles. The Balaban J connectivity index is 1.33. The molecule has 0 saturated carbocycles. The fourth-order valence-electron chi connectivity index (χ4n) is 4.42. The number of carbonyl (C=O) groups excluding carboxylic acids is 2. The smallest absolute Gasteiger partial charge is 0.247 e. The van der Waals surface area contributed by atoms with Crippen molar-refractivity contribution in [3.63, 3.8) is 0 Å². The summed E-state index contributed by atoms with van der Waals surface area (Å²) >= 11 is 0. The summed E-state index contributed by atoms with van der Waals surface area (Å²) in [6, 6.07) is 13.5. The van der Waals surface area contributed by atoms with E-state index in [2.05, 4.69) is 33.1 Å². The minimum atomic E-state index is -0.431. The lowest BCUT2D eigenvalue weighted by atomic mass is 10.0. The number of hydrogen-bond donors (Lipinski definition) is 0. The van der Waals surface area contributed by atoms with Gasteiger partial charge in [-0.25, -0.2) is 0 Å². The summed E-state index contributed by atoms with van der Waals surface area (Å²) in [5.74, 6) is 0.0363. The fraction of sp³-hybridized carbons (Fsp3) is 0.304. The zero-order valence-electron chi connectivity index (χ0n) is 16.6. The second-order valence-electron chi connectivity index (χ2n) is 7.89. The van der Waals surface area contributed by atoms with Gasteiger partial charge in [0.05, 0.1) is 5.52 Å². The van der Waals surface area contributed by atoms with Crippen LogP contribution in [-0.4, -0.2) is 68.7 Å². The Labute approximate surface area is 174 Å². The Morgan fingerprint density at radius 2 is 1.83 bits per heavy atom. The van der Waals surface area contributed by atoms with Gasteiger partial charge in [0, 0.05) is 56.7 Å². The van der Waals surface area contributed by atoms with Crippen LogP contribution in [0.15, 0.2) is 61.1 Å². The Kier molecular flexibility index (Phi) is 4.88. The maximum atomic E-state index is 13.2. The zero-order valence-corrected chi connectivity index (χ0v) is 16.6. The third-order valence-electron chi connectivity index (χ3n) is 5.91. The van der Waals surface area contributed by atoms with E-state index in [0.29, 0.717) is 26.2 Å². The number of pyridine rings is 2. The van der Waals surface area contributed by atoms with Gasteiger partial charge in [0.1, 0.15) is 12.6 Å². The molecule has 5 rings (SSSR count). The lowest BCUT2D eigenvalue weighted by Crippen LogP contribution is -2.66. The van der Waals surface area contributed by atoms with Crippen LogP contribution in [0.5, 0.6) is 0 Å². The monoisotopic (exact) mass is 401 g/mol. The first-order valence-electron chi connectivity index (χ1n) is 10.2. The van der Waals surface area contributed by atoms with Crippen molar-refractivity contribution in [3.05, 3.63) is 72.2 Å². The van der Waals surface area contributed by atoms with Crippen molar-refractivity contribution in [1.82, 2.24) is 24.7 Å². The van der Waals surface area contributed by atoms with Gasteiger partial charge in [0.15, 0.2) is 0 Å². The molecule has 0 aliphatic carbocycles. The molecular formula is C23H23N5O2. The van der Waals surface area contributed by atoms with E-state index in [0.717, 1.165) is 28.6 Å². The molecule has 7 nitrogen and oxygen atoms in total. The Bertz CT molecular complexity index is 1080. The molecule has 2 aliphatic rings. The molecule has 1 unspecified atom stereocenters. The van der Waals surface area contributed by atoms with Gasteiger partial charge >= 0.3 is 0 Å². The second kappa shape index (κ2) is 7.84. The Morgan fingerprint density at radius 1 is 0.967 bits per heavy atom. The Morgan fingerprint density at radius 3 is 2.70 bits per heavy atom. The first kappa shape index (κ1) is 18.7. The van der Waals surface area contributed by atoms with Gasteiger partial charge in [0.25, 0.3) is 0 Å². The number of rotatable bonds is 4. The summed E-state index contributed by atoms with van der Waals surface area (Å²) in [7, 11) is 0. The maximum absolute atomic E-state index is 13.2. The fourth-order valence-corrected chi connectivity index (χ4v) is 4.42. The number of hydrogen-bond acceptors (Lipinski definition) is 5. The molecule has 2 aromatic heterocycles. The molecule has 7 heteroatoms. The highest BCUT2D eigenvalue weighted by Crippen LogP contribution is 2.23. The molecule has 152 valence electrons. The molecular weight excluding hydrogens is 378 g/mol. The summed E-state index contributed by atoms with van der Waals surface area (Å²) in [6.45, 7) is 3.13. The first-order valence-corrected chi connectivity index (χ1v) is 10.2. The van der Waals surface area contributed by atoms with Crippen LogP contribution < -0.4 is 0 Å². The number of amides is 2. The largest absolute Gasteiger partial charge is 0.327 e. The average Bonchev–Trinajstić information content (AvgIpc) is 2.78. The molecule has 0 spiro atoms. The van der Waals surface area contributed by atoms with Crippen molar-refractivity contribution in [2.45, 2.75) is 19.1 Å². The van der Waals surface area contributed by atoms with Crippen molar-refractivity contribution < 1.29 is 9.59 Å². The third-order valence-corrected chi connectivity index (χ3v) is 5.91. The minimum Gasteiger partial charge on any atom is -0.327 e. The molecule has 0 N–H and O–H groups in total. The molecule has 2 amide bonds. The predicted octanol–water partition coefficient (Wildman–Crippen LogP) is 1.68. The van der Waals surface area contributed by atoms with Gasteiger partial charge in [-0.05, 0) is 23.3 Å². The van der Waals surface area contributed by atoms with Gasteiger partial charge < -0.3 is 9.80 Å². The van der Waals surface area contributed by atoms with Crippen molar-refractivity contribution in [2.75, 3.05) is 26.2 Å². The molecule has 4 heterocycles. The van der Waals surface area contributed by atoms with E-state index in [1.54, 1.807) is 22.2 Å². The third kappa shape index (κ3) is 3.52. The number of piperazine rings is 2. The lowest BCUT2D eigenvalue weighted by molar-refractivity contribution is -0.160. The van der Waals surface area contributed by atoms with Crippen molar-refractivity contribution >= 4 is 22.7 Å². The van der Waals surface area contributed by atoms with E-state index in [1.807, 2.05) is 30.5 Å². The van der Waals surface area contributed by atoms with Crippen molar-refractivity contribution in [2.24, 2.45) is 0 Å². The number of carbonyl (C=O) groups is 2. The summed E-state index contributed by atoms with van der Waals surface area (Å²) in [6.07, 6.45) is 5.25. The molecule has 2 saturated heterocycles. The normalized spacial score (nSPS) is 19.9. The van der Waals surface area contributed by atoms with Crippen LogP contribution in [-0.2, 0) is 22.7 Å². The topological polar surface area (TPSA) is 69.6 Å². The lowest BCUT2D eigenvalue weighted by Gasteiger charge is -2.46. The molecule has 0 bridgehead atoms. The number of fused-ring (bicyclic) bond motifs is 2. The minimum absolute atomic E-state index is 0.0131. The molecule has 2 aliphatic heterocycles. The van der Waals surface area contributed by atoms with Crippen LogP contribution in [0.1, 0.15) is 11.1 Å². The van der Waals surface area contributed by atoms with Crippen molar-refractivity contribution in [3.8, 4) is 0 Å². The average molecular weight is 401 g/mol. The summed E-state index contributed by atoms with van der Waals surface area (Å²) in [5, 5.41) is 1.11. The van der Waals surface area contributed by atoms with E-state index in [9.17, 15) is 9.59 Å². The van der Waals surface area contributed by atoms with Gasteiger partial charge in [-0.3, -0.25) is 24.5 Å². The standard InChI is InChI=1S/C23H23N5O2/c29-21-16-27(13-17-4-2-8-24-12-17)23(30)20-15-26(10-11-28(20)21)14-19-6-1-5-18-7-3-9-25-22(18)19/h1-9,12,20H,10-11,13-16H2. The highest BCUT2D eigenvalue weighted by atomic mass is 16.2. The molecule has 1 atom stereocenters. The van der Waals surface area contributed by atoms with E-state index >= 15 is 0 Å². The second-order valence-corrected chi connectivity index (χ2v) is 7.89. The number of para-hydroxylation sites is 1. The van der Waals surface area contributed by atoms with Gasteiger partial charge in [0.2, 0.25) is 11.8 Å². The van der Waals surface area contributed by atoms with E-state index in [1.165, 1.54) is 0 Å². The van der Waals surface area contributed by atoms with Crippen LogP contribution in [0.4, 0.5) is 0 Å². The summed E-state index contributed by atoms with van der Waals surface area (Å²) in [5.41, 5.74) is 3.07. The van der Waals surface area contributed by atoms with E-state index in [-0.39, 0.29) is 18.4 Å². The first-order chi connectivity index (χ1) is 14.7. The number of nitrogens with zero attached hydrogens (tertiary/aromatic N) is 5.